The summed E-state index contributed by atoms with van der Waals surface area (Å²) < 4.78 is 5.05. The second-order valence-electron chi connectivity index (χ2n) is 5.72. The second-order valence-corrected chi connectivity index (χ2v) is 5.72. The molecular weight excluding hydrogens is 415 g/mol. The van der Waals surface area contributed by atoms with Gasteiger partial charge in [0, 0.05) is 39.3 Å². The van der Waals surface area contributed by atoms with E-state index in [1.807, 2.05) is 0 Å². The van der Waals surface area contributed by atoms with Gasteiger partial charge in [0.15, 0.2) is 5.96 Å². The number of aliphatic imine (C=N–C) groups is 1. The van der Waals surface area contributed by atoms with Crippen LogP contribution in [0.25, 0.3) is 0 Å². The number of ether oxygens (including phenoxy) is 1. The van der Waals surface area contributed by atoms with E-state index in [2.05, 4.69) is 71.8 Å². The quantitative estimate of drug-likeness (QED) is 0.250. The van der Waals surface area contributed by atoms with E-state index in [9.17, 15) is 0 Å². The molecule has 0 radical (unpaired) electrons. The second kappa shape index (κ2) is 14.5. The Balaban J connectivity index is 0.00000529. The van der Waals surface area contributed by atoms with Crippen LogP contribution in [0.5, 0.6) is 0 Å². The zero-order valence-corrected chi connectivity index (χ0v) is 17.7. The van der Waals surface area contributed by atoms with Crippen LogP contribution in [-0.2, 0) is 11.3 Å². The first kappa shape index (κ1) is 23.1. The van der Waals surface area contributed by atoms with Crippen molar-refractivity contribution in [1.82, 2.24) is 15.5 Å². The minimum Gasteiger partial charge on any atom is -0.383 e. The van der Waals surface area contributed by atoms with Crippen LogP contribution in [0.1, 0.15) is 25.8 Å². The van der Waals surface area contributed by atoms with Crippen LogP contribution in [0.3, 0.4) is 0 Å². The van der Waals surface area contributed by atoms with E-state index in [0.29, 0.717) is 12.6 Å². The number of rotatable bonds is 10. The zero-order valence-electron chi connectivity index (χ0n) is 15.4. The Hall–Kier alpha value is -0.860. The first-order valence-electron chi connectivity index (χ1n) is 8.42. The van der Waals surface area contributed by atoms with Gasteiger partial charge in [-0.3, -0.25) is 9.89 Å². The van der Waals surface area contributed by atoms with E-state index >= 15 is 0 Å². The maximum absolute atomic E-state index is 5.05. The number of hydrogen-bond donors (Lipinski definition) is 2. The third kappa shape index (κ3) is 10.1. The lowest BCUT2D eigenvalue weighted by Crippen LogP contribution is -2.39. The van der Waals surface area contributed by atoms with Crippen molar-refractivity contribution in [3.05, 3.63) is 35.9 Å². The Bertz CT molecular complexity index is 442. The third-order valence-corrected chi connectivity index (χ3v) is 3.79. The van der Waals surface area contributed by atoms with Gasteiger partial charge in [-0.25, -0.2) is 0 Å². The van der Waals surface area contributed by atoms with E-state index in [-0.39, 0.29) is 24.0 Å². The van der Waals surface area contributed by atoms with Crippen LogP contribution in [0.4, 0.5) is 0 Å². The lowest BCUT2D eigenvalue weighted by atomic mass is 10.1. The van der Waals surface area contributed by atoms with Crippen LogP contribution in [0.2, 0.25) is 0 Å². The molecule has 1 aromatic carbocycles. The molecule has 1 atom stereocenters. The Morgan fingerprint density at radius 3 is 2.58 bits per heavy atom. The van der Waals surface area contributed by atoms with Crippen molar-refractivity contribution in [3.8, 4) is 0 Å². The summed E-state index contributed by atoms with van der Waals surface area (Å²) in [6, 6.07) is 11.1. The molecule has 1 rings (SSSR count). The fourth-order valence-electron chi connectivity index (χ4n) is 2.22. The first-order chi connectivity index (χ1) is 11.2. The molecule has 0 amide bonds. The summed E-state index contributed by atoms with van der Waals surface area (Å²) in [6.07, 6.45) is 1.03. The van der Waals surface area contributed by atoms with Crippen LogP contribution in [-0.4, -0.2) is 57.3 Å². The number of hydrogen-bond acceptors (Lipinski definition) is 3. The molecule has 0 heterocycles. The molecule has 0 spiro atoms. The highest BCUT2D eigenvalue weighted by molar-refractivity contribution is 14.0. The average Bonchev–Trinajstić information content (AvgIpc) is 2.55. The smallest absolute Gasteiger partial charge is 0.191 e. The number of halogens is 1. The van der Waals surface area contributed by atoms with Gasteiger partial charge in [-0.1, -0.05) is 30.3 Å². The van der Waals surface area contributed by atoms with Gasteiger partial charge in [0.1, 0.15) is 0 Å². The minimum atomic E-state index is 0. The summed E-state index contributed by atoms with van der Waals surface area (Å²) in [5.74, 6) is 0.863. The predicted molar refractivity (Wildman–Crippen MR) is 113 cm³/mol. The molecule has 0 aliphatic carbocycles. The molecule has 0 bridgehead atoms. The molecule has 1 aromatic rings. The van der Waals surface area contributed by atoms with Gasteiger partial charge in [0.05, 0.1) is 6.61 Å². The monoisotopic (exact) mass is 448 g/mol. The molecule has 0 saturated carbocycles. The molecule has 0 fully saturated rings. The Morgan fingerprint density at radius 1 is 1.25 bits per heavy atom. The van der Waals surface area contributed by atoms with Crippen LogP contribution < -0.4 is 10.6 Å². The molecule has 0 aromatic heterocycles. The summed E-state index contributed by atoms with van der Waals surface area (Å²) in [7, 11) is 3.87. The number of nitrogens with zero attached hydrogens (tertiary/aromatic N) is 2. The van der Waals surface area contributed by atoms with E-state index in [4.69, 9.17) is 4.74 Å². The van der Waals surface area contributed by atoms with Crippen molar-refractivity contribution >= 4 is 29.9 Å². The normalized spacial score (nSPS) is 12.6. The van der Waals surface area contributed by atoms with Gasteiger partial charge in [-0.05, 0) is 32.9 Å². The lowest BCUT2D eigenvalue weighted by Gasteiger charge is -2.24. The van der Waals surface area contributed by atoms with Crippen molar-refractivity contribution < 1.29 is 4.74 Å². The summed E-state index contributed by atoms with van der Waals surface area (Å²) >= 11 is 0. The van der Waals surface area contributed by atoms with Gasteiger partial charge in [0.2, 0.25) is 0 Å². The van der Waals surface area contributed by atoms with E-state index in [1.54, 1.807) is 7.11 Å². The minimum absolute atomic E-state index is 0. The molecule has 1 unspecified atom stereocenters. The summed E-state index contributed by atoms with van der Waals surface area (Å²) in [6.45, 7) is 8.42. The molecule has 0 aliphatic rings. The van der Waals surface area contributed by atoms with E-state index in [0.717, 1.165) is 38.6 Å². The zero-order chi connectivity index (χ0) is 16.9. The topological polar surface area (TPSA) is 48.9 Å². The van der Waals surface area contributed by atoms with Gasteiger partial charge >= 0.3 is 0 Å². The number of methoxy groups -OCH3 is 1. The standard InChI is InChI=1S/C18H32N4O.HI/c1-5-19-18(21-13-14-23-4)20-12-11-16(2)22(3)15-17-9-7-6-8-10-17;/h6-10,16H,5,11-15H2,1-4H3,(H2,19,20,21);1H. The van der Waals surface area contributed by atoms with Gasteiger partial charge in [-0.15, -0.1) is 24.0 Å². The maximum atomic E-state index is 5.05. The van der Waals surface area contributed by atoms with Crippen molar-refractivity contribution in [2.24, 2.45) is 4.99 Å². The Kier molecular flexibility index (Phi) is 14.0. The molecule has 0 saturated heterocycles. The average molecular weight is 448 g/mol. The highest BCUT2D eigenvalue weighted by Gasteiger charge is 2.09. The van der Waals surface area contributed by atoms with Crippen LogP contribution in [0, 0.1) is 0 Å². The Labute approximate surface area is 164 Å². The molecule has 6 heteroatoms. The largest absolute Gasteiger partial charge is 0.383 e. The van der Waals surface area contributed by atoms with E-state index < -0.39 is 0 Å². The molecule has 138 valence electrons. The SMILES string of the molecule is CCNC(=NCCC(C)N(C)Cc1ccccc1)NCCOC.I. The summed E-state index contributed by atoms with van der Waals surface area (Å²) in [5, 5.41) is 6.52. The van der Waals surface area contributed by atoms with Gasteiger partial charge in [-0.2, -0.15) is 0 Å². The van der Waals surface area contributed by atoms with E-state index in [1.165, 1.54) is 5.56 Å². The van der Waals surface area contributed by atoms with Gasteiger partial charge in [0.25, 0.3) is 0 Å². The fourth-order valence-corrected chi connectivity index (χ4v) is 2.22. The molecule has 2 N–H and O–H groups in total. The van der Waals surface area contributed by atoms with Crippen LogP contribution >= 0.6 is 24.0 Å². The number of guanidine groups is 1. The Morgan fingerprint density at radius 2 is 1.96 bits per heavy atom. The fraction of sp³-hybridized carbons (Fsp3) is 0.611. The number of benzene rings is 1. The molecule has 5 nitrogen and oxygen atoms in total. The van der Waals surface area contributed by atoms with Gasteiger partial charge < -0.3 is 15.4 Å². The van der Waals surface area contributed by atoms with Crippen molar-refractivity contribution in [2.75, 3.05) is 40.4 Å². The van der Waals surface area contributed by atoms with Crippen molar-refractivity contribution in [3.63, 3.8) is 0 Å². The highest BCUT2D eigenvalue weighted by atomic mass is 127. The van der Waals surface area contributed by atoms with Crippen molar-refractivity contribution in [1.29, 1.82) is 0 Å². The highest BCUT2D eigenvalue weighted by Crippen LogP contribution is 2.08. The third-order valence-electron chi connectivity index (χ3n) is 3.79. The predicted octanol–water partition coefficient (Wildman–Crippen LogP) is 2.72. The lowest BCUT2D eigenvalue weighted by molar-refractivity contribution is 0.203. The molecular formula is C18H33IN4O. The first-order valence-corrected chi connectivity index (χ1v) is 8.42. The molecule has 24 heavy (non-hydrogen) atoms. The van der Waals surface area contributed by atoms with Crippen molar-refractivity contribution in [2.45, 2.75) is 32.9 Å². The maximum Gasteiger partial charge on any atom is 0.191 e. The molecule has 0 aliphatic heterocycles. The van der Waals surface area contributed by atoms with Crippen LogP contribution in [0.15, 0.2) is 35.3 Å². The number of nitrogens with one attached hydrogen (secondary N) is 2. The summed E-state index contributed by atoms with van der Waals surface area (Å²) in [4.78, 5) is 7.00. The summed E-state index contributed by atoms with van der Waals surface area (Å²) in [5.41, 5.74) is 1.35.